The molecule has 0 spiro atoms. The summed E-state index contributed by atoms with van der Waals surface area (Å²) in [7, 11) is 0. The molecule has 1 aromatic carbocycles. The predicted octanol–water partition coefficient (Wildman–Crippen LogP) is 5.14. The number of carbonyl (C=O) groups is 1. The van der Waals surface area contributed by atoms with Crippen molar-refractivity contribution < 1.29 is 14.1 Å². The summed E-state index contributed by atoms with van der Waals surface area (Å²) < 4.78 is 13.2. The molecule has 35 heavy (non-hydrogen) atoms. The molecule has 2 aliphatic heterocycles. The van der Waals surface area contributed by atoms with E-state index in [9.17, 15) is 4.79 Å². The summed E-state index contributed by atoms with van der Waals surface area (Å²) in [5, 5.41) is 8.36. The van der Waals surface area contributed by atoms with Crippen LogP contribution >= 0.6 is 0 Å². The Kier molecular flexibility index (Phi) is 5.55. The summed E-state index contributed by atoms with van der Waals surface area (Å²) in [6.07, 6.45) is 9.18. The van der Waals surface area contributed by atoms with Gasteiger partial charge in [-0.05, 0) is 87.8 Å². The fourth-order valence-corrected chi connectivity index (χ4v) is 6.02. The van der Waals surface area contributed by atoms with Crippen LogP contribution < -0.4 is 4.74 Å². The van der Waals surface area contributed by atoms with Crippen LogP contribution in [0.15, 0.2) is 59.4 Å². The second-order valence-corrected chi connectivity index (χ2v) is 9.95. The van der Waals surface area contributed by atoms with Crippen molar-refractivity contribution in [3.63, 3.8) is 0 Å². The predicted molar refractivity (Wildman–Crippen MR) is 131 cm³/mol. The van der Waals surface area contributed by atoms with Crippen LogP contribution in [0.4, 0.5) is 0 Å². The van der Waals surface area contributed by atoms with Gasteiger partial charge in [-0.15, -0.1) is 0 Å². The highest BCUT2D eigenvalue weighted by Gasteiger charge is 2.43. The van der Waals surface area contributed by atoms with Crippen LogP contribution in [-0.4, -0.2) is 37.7 Å². The van der Waals surface area contributed by atoms with Crippen LogP contribution in [-0.2, 0) is 13.0 Å². The van der Waals surface area contributed by atoms with Crippen LogP contribution in [0.3, 0.4) is 0 Å². The van der Waals surface area contributed by atoms with Crippen LogP contribution in [0, 0.1) is 19.8 Å². The minimum atomic E-state index is 0.122. The molecule has 2 bridgehead atoms. The first kappa shape index (κ1) is 21.9. The highest BCUT2D eigenvalue weighted by molar-refractivity contribution is 5.95. The van der Waals surface area contributed by atoms with E-state index in [1.54, 1.807) is 0 Å². The maximum Gasteiger partial charge on any atom is 0.254 e. The number of benzene rings is 1. The Balaban J connectivity index is 1.14. The number of nitrogens with zero attached hydrogens (tertiary/aromatic N) is 4. The number of aromatic nitrogens is 3. The summed E-state index contributed by atoms with van der Waals surface area (Å²) in [6, 6.07) is 14.6. The van der Waals surface area contributed by atoms with Gasteiger partial charge in [-0.25, -0.2) is 4.52 Å². The lowest BCUT2D eigenvalue weighted by Crippen LogP contribution is -2.46. The SMILES string of the molecule is Cc1noc(C)c1COc1cccc(C(=O)N2C3CCC2CC(Cc2cccn4nccc24)C3)c1. The molecule has 2 atom stereocenters. The number of hydrogen-bond acceptors (Lipinski definition) is 5. The highest BCUT2D eigenvalue weighted by atomic mass is 16.5. The summed E-state index contributed by atoms with van der Waals surface area (Å²) in [5.74, 6) is 2.16. The maximum absolute atomic E-state index is 13.6. The fraction of sp³-hybridized carbons (Fsp3) is 0.393. The lowest BCUT2D eigenvalue weighted by molar-refractivity contribution is 0.0524. The van der Waals surface area contributed by atoms with E-state index in [4.69, 9.17) is 9.26 Å². The minimum Gasteiger partial charge on any atom is -0.489 e. The van der Waals surface area contributed by atoms with Gasteiger partial charge in [0.1, 0.15) is 18.1 Å². The van der Waals surface area contributed by atoms with Gasteiger partial charge in [-0.2, -0.15) is 5.10 Å². The molecule has 7 nitrogen and oxygen atoms in total. The van der Waals surface area contributed by atoms with Gasteiger partial charge in [-0.3, -0.25) is 4.79 Å². The van der Waals surface area contributed by atoms with E-state index in [0.717, 1.165) is 49.1 Å². The number of piperidine rings is 1. The second kappa shape index (κ2) is 8.87. The zero-order valence-corrected chi connectivity index (χ0v) is 20.2. The summed E-state index contributed by atoms with van der Waals surface area (Å²) in [6.45, 7) is 4.16. The smallest absolute Gasteiger partial charge is 0.254 e. The second-order valence-electron chi connectivity index (χ2n) is 9.95. The molecular weight excluding hydrogens is 440 g/mol. The molecule has 0 radical (unpaired) electrons. The van der Waals surface area contributed by atoms with Crippen LogP contribution in [0.1, 0.15) is 58.6 Å². The van der Waals surface area contributed by atoms with Gasteiger partial charge in [0.25, 0.3) is 5.91 Å². The van der Waals surface area contributed by atoms with Gasteiger partial charge < -0.3 is 14.2 Å². The van der Waals surface area contributed by atoms with Gasteiger partial charge in [-0.1, -0.05) is 17.3 Å². The van der Waals surface area contributed by atoms with E-state index in [1.165, 1.54) is 11.1 Å². The molecule has 1 amide bonds. The maximum atomic E-state index is 13.6. The molecule has 3 aromatic heterocycles. The first-order valence-electron chi connectivity index (χ1n) is 12.5. The Morgan fingerprint density at radius 3 is 2.71 bits per heavy atom. The molecule has 7 heteroatoms. The highest BCUT2D eigenvalue weighted by Crippen LogP contribution is 2.41. The third-order valence-electron chi connectivity index (χ3n) is 7.74. The van der Waals surface area contributed by atoms with Gasteiger partial charge in [0.2, 0.25) is 0 Å². The van der Waals surface area contributed by atoms with Crippen molar-refractivity contribution in [2.75, 3.05) is 0 Å². The van der Waals surface area contributed by atoms with E-state index >= 15 is 0 Å². The molecule has 0 aliphatic carbocycles. The van der Waals surface area contributed by atoms with E-state index in [1.807, 2.05) is 55.0 Å². The van der Waals surface area contributed by atoms with Gasteiger partial charge in [0.05, 0.1) is 16.8 Å². The lowest BCUT2D eigenvalue weighted by atomic mass is 9.85. The Bertz CT molecular complexity index is 1340. The number of pyridine rings is 1. The van der Waals surface area contributed by atoms with Crippen LogP contribution in [0.5, 0.6) is 5.75 Å². The first-order chi connectivity index (χ1) is 17.1. The zero-order chi connectivity index (χ0) is 23.9. The number of carbonyl (C=O) groups excluding carboxylic acids is 1. The summed E-state index contributed by atoms with van der Waals surface area (Å²) in [5.41, 5.74) is 5.01. The number of rotatable bonds is 6. The lowest BCUT2D eigenvalue weighted by Gasteiger charge is -2.39. The normalized spacial score (nSPS) is 21.5. The molecule has 5 heterocycles. The van der Waals surface area contributed by atoms with Crippen LogP contribution in [0.2, 0.25) is 0 Å². The molecule has 2 fully saturated rings. The third-order valence-corrected chi connectivity index (χ3v) is 7.74. The largest absolute Gasteiger partial charge is 0.489 e. The average Bonchev–Trinajstić information content (AvgIpc) is 3.54. The van der Waals surface area contributed by atoms with Crippen molar-refractivity contribution >= 4 is 11.4 Å². The van der Waals surface area contributed by atoms with Gasteiger partial charge in [0, 0.05) is 30.0 Å². The third kappa shape index (κ3) is 4.09. The Labute approximate surface area is 204 Å². The molecule has 6 rings (SSSR count). The molecule has 180 valence electrons. The van der Waals surface area contributed by atoms with Crippen molar-refractivity contribution in [1.82, 2.24) is 19.7 Å². The number of aryl methyl sites for hydroxylation is 2. The van der Waals surface area contributed by atoms with Gasteiger partial charge >= 0.3 is 0 Å². The van der Waals surface area contributed by atoms with E-state index < -0.39 is 0 Å². The zero-order valence-electron chi connectivity index (χ0n) is 20.2. The van der Waals surface area contributed by atoms with E-state index in [2.05, 4.69) is 33.4 Å². The molecular formula is C28H30N4O3. The fourth-order valence-electron chi connectivity index (χ4n) is 6.02. The van der Waals surface area contributed by atoms with Crippen molar-refractivity contribution in [2.45, 2.75) is 64.6 Å². The van der Waals surface area contributed by atoms with Crippen molar-refractivity contribution in [2.24, 2.45) is 5.92 Å². The molecule has 2 aliphatic rings. The molecule has 0 saturated carbocycles. The summed E-state index contributed by atoms with van der Waals surface area (Å²) >= 11 is 0. The first-order valence-corrected chi connectivity index (χ1v) is 12.5. The Hall–Kier alpha value is -3.61. The monoisotopic (exact) mass is 470 g/mol. The minimum absolute atomic E-state index is 0.122. The quantitative estimate of drug-likeness (QED) is 0.390. The van der Waals surface area contributed by atoms with Gasteiger partial charge in [0.15, 0.2) is 0 Å². The standard InChI is InChI=1S/C28H30N4O3/c1-18-26(19(2)35-30-18)17-34-25-7-3-5-22(16-25)28(33)32-23-8-9-24(32)15-20(14-23)13-21-6-4-12-31-27(21)10-11-29-31/h3-7,10-12,16,20,23-24H,8-9,13-15,17H2,1-2H3. The van der Waals surface area contributed by atoms with E-state index in [0.29, 0.717) is 35.9 Å². The van der Waals surface area contributed by atoms with Crippen molar-refractivity contribution in [1.29, 1.82) is 0 Å². The molecule has 2 saturated heterocycles. The number of hydrogen-bond donors (Lipinski definition) is 0. The van der Waals surface area contributed by atoms with Crippen LogP contribution in [0.25, 0.3) is 5.52 Å². The average molecular weight is 471 g/mol. The number of fused-ring (bicyclic) bond motifs is 3. The van der Waals surface area contributed by atoms with Crippen molar-refractivity contribution in [3.05, 3.63) is 83.0 Å². The Morgan fingerprint density at radius 2 is 1.94 bits per heavy atom. The topological polar surface area (TPSA) is 72.9 Å². The molecule has 4 aromatic rings. The number of amides is 1. The number of ether oxygens (including phenoxy) is 1. The van der Waals surface area contributed by atoms with Crippen molar-refractivity contribution in [3.8, 4) is 5.75 Å². The Morgan fingerprint density at radius 1 is 1.11 bits per heavy atom. The summed E-state index contributed by atoms with van der Waals surface area (Å²) in [4.78, 5) is 15.7. The molecule has 0 N–H and O–H groups in total. The molecule has 2 unspecified atom stereocenters. The van der Waals surface area contributed by atoms with E-state index in [-0.39, 0.29) is 5.91 Å².